The van der Waals surface area contributed by atoms with E-state index in [9.17, 15) is 15.2 Å². The van der Waals surface area contributed by atoms with E-state index in [4.69, 9.17) is 4.74 Å². The van der Waals surface area contributed by atoms with Crippen LogP contribution in [0.25, 0.3) is 10.9 Å². The molecule has 1 heterocycles. The number of fused-ring (bicyclic) bond motifs is 1. The van der Waals surface area contributed by atoms with Crippen molar-refractivity contribution in [1.82, 2.24) is 9.97 Å². The van der Waals surface area contributed by atoms with Crippen molar-refractivity contribution in [3.05, 3.63) is 58.9 Å². The maximum atomic E-state index is 10.9. The molecule has 0 spiro atoms. The number of nitro groups is 1. The summed E-state index contributed by atoms with van der Waals surface area (Å²) in [6, 6.07) is 10.6. The van der Waals surface area contributed by atoms with Gasteiger partial charge in [0.2, 0.25) is 5.88 Å². The van der Waals surface area contributed by atoms with Crippen LogP contribution in [0.5, 0.6) is 17.4 Å². The molecule has 7 heteroatoms. The highest BCUT2D eigenvalue weighted by Crippen LogP contribution is 2.33. The summed E-state index contributed by atoms with van der Waals surface area (Å²) in [6.45, 7) is 0. The van der Waals surface area contributed by atoms with Crippen LogP contribution >= 0.6 is 0 Å². The third-order valence-electron chi connectivity index (χ3n) is 2.87. The Labute approximate surface area is 118 Å². The predicted octanol–water partition coefficient (Wildman–Crippen LogP) is 3.04. The maximum Gasteiger partial charge on any atom is 0.270 e. The topological polar surface area (TPSA) is 98.4 Å². The molecule has 3 rings (SSSR count). The van der Waals surface area contributed by atoms with Crippen LogP contribution in [0.3, 0.4) is 0 Å². The molecular formula is C14H9N3O4. The van der Waals surface area contributed by atoms with E-state index in [2.05, 4.69) is 9.97 Å². The molecule has 1 aromatic heterocycles. The van der Waals surface area contributed by atoms with Crippen molar-refractivity contribution >= 4 is 16.6 Å². The zero-order valence-corrected chi connectivity index (χ0v) is 10.6. The molecule has 0 aliphatic carbocycles. The first-order chi connectivity index (χ1) is 10.1. The third kappa shape index (κ3) is 2.44. The summed E-state index contributed by atoms with van der Waals surface area (Å²) in [5.74, 6) is 0.309. The summed E-state index contributed by atoms with van der Waals surface area (Å²) in [7, 11) is 0. The van der Waals surface area contributed by atoms with Crippen LogP contribution in [0.15, 0.2) is 48.8 Å². The van der Waals surface area contributed by atoms with Crippen molar-refractivity contribution < 1.29 is 14.8 Å². The van der Waals surface area contributed by atoms with Gasteiger partial charge >= 0.3 is 0 Å². The van der Waals surface area contributed by atoms with Gasteiger partial charge in [0.05, 0.1) is 15.8 Å². The molecule has 0 saturated carbocycles. The number of para-hydroxylation sites is 2. The van der Waals surface area contributed by atoms with Crippen LogP contribution in [0.2, 0.25) is 0 Å². The average Bonchev–Trinajstić information content (AvgIpc) is 2.49. The lowest BCUT2D eigenvalue weighted by Gasteiger charge is -2.08. The SMILES string of the molecule is O=[N+]([O-])c1ccc2ncnc(Oc3ccccc3O)c2c1. The van der Waals surface area contributed by atoms with E-state index >= 15 is 0 Å². The van der Waals surface area contributed by atoms with Crippen LogP contribution in [0, 0.1) is 10.1 Å². The lowest BCUT2D eigenvalue weighted by atomic mass is 10.2. The Morgan fingerprint density at radius 3 is 2.71 bits per heavy atom. The van der Waals surface area contributed by atoms with E-state index in [1.54, 1.807) is 18.2 Å². The minimum atomic E-state index is -0.504. The first-order valence-corrected chi connectivity index (χ1v) is 6.00. The predicted molar refractivity (Wildman–Crippen MR) is 74.4 cm³/mol. The fourth-order valence-corrected chi connectivity index (χ4v) is 1.86. The lowest BCUT2D eigenvalue weighted by molar-refractivity contribution is -0.384. The van der Waals surface area contributed by atoms with Gasteiger partial charge in [-0.25, -0.2) is 9.97 Å². The Hall–Kier alpha value is -3.22. The number of benzene rings is 2. The zero-order chi connectivity index (χ0) is 14.8. The average molecular weight is 283 g/mol. The van der Waals surface area contributed by atoms with Crippen molar-refractivity contribution in [2.75, 3.05) is 0 Å². The molecule has 3 aromatic rings. The molecule has 0 amide bonds. The number of nitro benzene ring substituents is 1. The number of hydrogen-bond donors (Lipinski definition) is 1. The Morgan fingerprint density at radius 2 is 1.95 bits per heavy atom. The molecule has 2 aromatic carbocycles. The van der Waals surface area contributed by atoms with Crippen molar-refractivity contribution in [1.29, 1.82) is 0 Å². The highest BCUT2D eigenvalue weighted by Gasteiger charge is 2.13. The molecule has 0 radical (unpaired) electrons. The normalized spacial score (nSPS) is 10.5. The molecule has 104 valence electrons. The number of aromatic nitrogens is 2. The Kier molecular flexibility index (Phi) is 3.07. The molecule has 0 bridgehead atoms. The second-order valence-corrected chi connectivity index (χ2v) is 4.21. The summed E-state index contributed by atoms with van der Waals surface area (Å²) in [6.07, 6.45) is 1.30. The van der Waals surface area contributed by atoms with E-state index in [1.165, 1.54) is 30.6 Å². The van der Waals surface area contributed by atoms with Gasteiger partial charge in [0.15, 0.2) is 11.5 Å². The van der Waals surface area contributed by atoms with Crippen LogP contribution in [0.1, 0.15) is 0 Å². The number of phenols is 1. The van der Waals surface area contributed by atoms with Gasteiger partial charge in [-0.3, -0.25) is 10.1 Å². The number of hydrogen-bond acceptors (Lipinski definition) is 6. The Balaban J connectivity index is 2.11. The number of non-ortho nitro benzene ring substituents is 1. The fourth-order valence-electron chi connectivity index (χ4n) is 1.86. The summed E-state index contributed by atoms with van der Waals surface area (Å²) in [5.41, 5.74) is 0.431. The minimum absolute atomic E-state index is 0.0466. The Morgan fingerprint density at radius 1 is 1.14 bits per heavy atom. The number of nitrogens with zero attached hydrogens (tertiary/aromatic N) is 3. The smallest absolute Gasteiger partial charge is 0.270 e. The summed E-state index contributed by atoms with van der Waals surface area (Å²) < 4.78 is 5.53. The van der Waals surface area contributed by atoms with Gasteiger partial charge in [0, 0.05) is 12.1 Å². The van der Waals surface area contributed by atoms with Gasteiger partial charge in [-0.05, 0) is 18.2 Å². The van der Waals surface area contributed by atoms with E-state index < -0.39 is 4.92 Å². The van der Waals surface area contributed by atoms with E-state index in [-0.39, 0.29) is 23.1 Å². The maximum absolute atomic E-state index is 10.9. The van der Waals surface area contributed by atoms with Crippen molar-refractivity contribution in [3.63, 3.8) is 0 Å². The molecule has 0 fully saturated rings. The Bertz CT molecular complexity index is 835. The standard InChI is InChI=1S/C14H9N3O4/c18-12-3-1-2-4-13(12)21-14-10-7-9(17(19)20)5-6-11(10)15-8-16-14/h1-8,18H. The number of rotatable bonds is 3. The third-order valence-corrected chi connectivity index (χ3v) is 2.87. The molecule has 0 aliphatic heterocycles. The quantitative estimate of drug-likeness (QED) is 0.586. The largest absolute Gasteiger partial charge is 0.504 e. The molecule has 0 atom stereocenters. The molecular weight excluding hydrogens is 274 g/mol. The molecule has 7 nitrogen and oxygen atoms in total. The van der Waals surface area contributed by atoms with Crippen LogP contribution in [0.4, 0.5) is 5.69 Å². The second-order valence-electron chi connectivity index (χ2n) is 4.21. The molecule has 0 saturated heterocycles. The van der Waals surface area contributed by atoms with Gasteiger partial charge < -0.3 is 9.84 Å². The minimum Gasteiger partial charge on any atom is -0.504 e. The highest BCUT2D eigenvalue weighted by molar-refractivity contribution is 5.85. The molecule has 0 unspecified atom stereocenters. The molecule has 1 N–H and O–H groups in total. The first-order valence-electron chi connectivity index (χ1n) is 6.00. The fraction of sp³-hybridized carbons (Fsp3) is 0. The van der Waals surface area contributed by atoms with Gasteiger partial charge in [0.25, 0.3) is 5.69 Å². The van der Waals surface area contributed by atoms with Gasteiger partial charge in [-0.2, -0.15) is 0 Å². The highest BCUT2D eigenvalue weighted by atomic mass is 16.6. The summed E-state index contributed by atoms with van der Waals surface area (Å²) >= 11 is 0. The number of phenolic OH excluding ortho intramolecular Hbond substituents is 1. The van der Waals surface area contributed by atoms with Crippen molar-refractivity contribution in [2.45, 2.75) is 0 Å². The monoisotopic (exact) mass is 283 g/mol. The van der Waals surface area contributed by atoms with E-state index in [0.29, 0.717) is 10.9 Å². The first kappa shape index (κ1) is 12.8. The lowest BCUT2D eigenvalue weighted by Crippen LogP contribution is -1.93. The zero-order valence-electron chi connectivity index (χ0n) is 10.6. The van der Waals surface area contributed by atoms with Crippen molar-refractivity contribution in [2.24, 2.45) is 0 Å². The molecule has 21 heavy (non-hydrogen) atoms. The second kappa shape index (κ2) is 5.04. The van der Waals surface area contributed by atoms with Gasteiger partial charge in [-0.1, -0.05) is 12.1 Å². The van der Waals surface area contributed by atoms with Crippen LogP contribution in [-0.4, -0.2) is 20.0 Å². The summed E-state index contributed by atoms with van der Waals surface area (Å²) in [4.78, 5) is 18.4. The van der Waals surface area contributed by atoms with E-state index in [0.717, 1.165) is 0 Å². The van der Waals surface area contributed by atoms with E-state index in [1.807, 2.05) is 0 Å². The van der Waals surface area contributed by atoms with Gasteiger partial charge in [0.1, 0.15) is 6.33 Å². The van der Waals surface area contributed by atoms with Crippen molar-refractivity contribution in [3.8, 4) is 17.4 Å². The van der Waals surface area contributed by atoms with Crippen LogP contribution < -0.4 is 4.74 Å². The van der Waals surface area contributed by atoms with Gasteiger partial charge in [-0.15, -0.1) is 0 Å². The number of aromatic hydroxyl groups is 1. The number of ether oxygens (including phenoxy) is 1. The van der Waals surface area contributed by atoms with Crippen LogP contribution in [-0.2, 0) is 0 Å². The summed E-state index contributed by atoms with van der Waals surface area (Å²) in [5, 5.41) is 21.0. The molecule has 0 aliphatic rings.